The van der Waals surface area contributed by atoms with Crippen LogP contribution in [0.5, 0.6) is 0 Å². The zero-order chi connectivity index (χ0) is 14.9. The van der Waals surface area contributed by atoms with Gasteiger partial charge in [0.2, 0.25) is 0 Å². The Bertz CT molecular complexity index is 603. The molecular weight excluding hydrogens is 287 g/mol. The summed E-state index contributed by atoms with van der Waals surface area (Å²) in [4.78, 5) is 0. The summed E-state index contributed by atoms with van der Waals surface area (Å²) in [5.41, 5.74) is 0.344. The van der Waals surface area contributed by atoms with Crippen molar-refractivity contribution in [2.45, 2.75) is 18.9 Å². The fraction of sp³-hybridized carbons (Fsp3) is 0.357. The van der Waals surface area contributed by atoms with Gasteiger partial charge >= 0.3 is 6.18 Å². The number of rotatable bonds is 5. The fourth-order valence-electron chi connectivity index (χ4n) is 1.80. The molecule has 1 atom stereocenters. The van der Waals surface area contributed by atoms with Crippen LogP contribution in [0.2, 0.25) is 0 Å². The molecule has 0 bridgehead atoms. The average Bonchev–Trinajstić information content (AvgIpc) is 3.14. The highest BCUT2D eigenvalue weighted by atomic mass is 19.4. The minimum Gasteiger partial charge on any atom is -0.371 e. The van der Waals surface area contributed by atoms with Crippen LogP contribution in [0.1, 0.15) is 11.3 Å². The van der Waals surface area contributed by atoms with Gasteiger partial charge in [-0.05, 0) is 12.1 Å². The van der Waals surface area contributed by atoms with E-state index in [0.29, 0.717) is 30.2 Å². The molecule has 0 aliphatic carbocycles. The summed E-state index contributed by atoms with van der Waals surface area (Å²) >= 11 is 0. The van der Waals surface area contributed by atoms with E-state index in [-0.39, 0.29) is 12.7 Å². The van der Waals surface area contributed by atoms with Gasteiger partial charge in [-0.1, -0.05) is 17.3 Å². The summed E-state index contributed by atoms with van der Waals surface area (Å²) in [7, 11) is 0. The van der Waals surface area contributed by atoms with Crippen molar-refractivity contribution < 1.29 is 27.2 Å². The van der Waals surface area contributed by atoms with E-state index in [9.17, 15) is 13.2 Å². The van der Waals surface area contributed by atoms with Crippen LogP contribution in [0, 0.1) is 0 Å². The van der Waals surface area contributed by atoms with Gasteiger partial charge in [0.05, 0.1) is 18.8 Å². The number of benzene rings is 1. The van der Waals surface area contributed by atoms with Crippen LogP contribution in [0.25, 0.3) is 11.3 Å². The number of nitrogens with zero attached hydrogens (tertiary/aromatic N) is 1. The molecule has 1 aliphatic rings. The maximum absolute atomic E-state index is 12.5. The van der Waals surface area contributed by atoms with Crippen LogP contribution in [0.15, 0.2) is 34.9 Å². The highest BCUT2D eigenvalue weighted by molar-refractivity contribution is 5.59. The molecule has 3 rings (SSSR count). The Morgan fingerprint density at radius 2 is 1.95 bits per heavy atom. The molecule has 4 nitrogen and oxygen atoms in total. The number of halogens is 3. The van der Waals surface area contributed by atoms with Crippen molar-refractivity contribution in [3.63, 3.8) is 0 Å². The second kappa shape index (κ2) is 5.50. The minimum absolute atomic E-state index is 0.169. The van der Waals surface area contributed by atoms with Gasteiger partial charge in [-0.3, -0.25) is 0 Å². The molecule has 2 heterocycles. The molecule has 1 saturated heterocycles. The Labute approximate surface area is 118 Å². The van der Waals surface area contributed by atoms with Gasteiger partial charge in [0, 0.05) is 11.6 Å². The predicted molar refractivity (Wildman–Crippen MR) is 66.3 cm³/mol. The lowest BCUT2D eigenvalue weighted by Gasteiger charge is -2.06. The molecule has 0 radical (unpaired) electrons. The van der Waals surface area contributed by atoms with E-state index in [2.05, 4.69) is 5.16 Å². The molecule has 1 unspecified atom stereocenters. The Kier molecular flexibility index (Phi) is 3.69. The molecule has 7 heteroatoms. The molecular formula is C14H12F3NO3. The smallest absolute Gasteiger partial charge is 0.371 e. The van der Waals surface area contributed by atoms with Crippen molar-refractivity contribution in [1.82, 2.24) is 5.16 Å². The standard InChI is InChI=1S/C14H12F3NO3/c15-14(16,17)10-3-1-9(2-4-10)13-5-11(21-18-13)6-19-7-12-8-20-12/h1-5,12H,6-8H2. The lowest BCUT2D eigenvalue weighted by atomic mass is 10.1. The Morgan fingerprint density at radius 3 is 2.57 bits per heavy atom. The van der Waals surface area contributed by atoms with Gasteiger partial charge in [0.15, 0.2) is 5.76 Å². The van der Waals surface area contributed by atoms with E-state index in [0.717, 1.165) is 12.1 Å². The van der Waals surface area contributed by atoms with Crippen molar-refractivity contribution in [3.8, 4) is 11.3 Å². The fourth-order valence-corrected chi connectivity index (χ4v) is 1.80. The molecule has 0 spiro atoms. The van der Waals surface area contributed by atoms with Crippen molar-refractivity contribution in [1.29, 1.82) is 0 Å². The molecule has 21 heavy (non-hydrogen) atoms. The number of ether oxygens (including phenoxy) is 2. The van der Waals surface area contributed by atoms with Crippen molar-refractivity contribution in [2.75, 3.05) is 13.2 Å². The topological polar surface area (TPSA) is 47.8 Å². The second-order valence-corrected chi connectivity index (χ2v) is 4.72. The third kappa shape index (κ3) is 3.62. The van der Waals surface area contributed by atoms with Gasteiger partial charge in [-0.2, -0.15) is 13.2 Å². The number of aromatic nitrogens is 1. The average molecular weight is 299 g/mol. The second-order valence-electron chi connectivity index (χ2n) is 4.72. The molecule has 112 valence electrons. The van der Waals surface area contributed by atoms with Crippen molar-refractivity contribution >= 4 is 0 Å². The molecule has 2 aromatic rings. The first kappa shape index (κ1) is 14.1. The van der Waals surface area contributed by atoms with E-state index in [1.54, 1.807) is 6.07 Å². The normalized spacial score (nSPS) is 18.0. The van der Waals surface area contributed by atoms with Crippen molar-refractivity contribution in [2.24, 2.45) is 0 Å². The summed E-state index contributed by atoms with van der Waals surface area (Å²) in [5, 5.41) is 3.82. The Hall–Kier alpha value is -1.86. The maximum Gasteiger partial charge on any atom is 0.416 e. The highest BCUT2D eigenvalue weighted by Gasteiger charge is 2.30. The molecule has 1 aromatic heterocycles. The van der Waals surface area contributed by atoms with Crippen LogP contribution >= 0.6 is 0 Å². The van der Waals surface area contributed by atoms with Crippen LogP contribution in [-0.4, -0.2) is 24.5 Å². The number of alkyl halides is 3. The van der Waals surface area contributed by atoms with Crippen LogP contribution in [0.4, 0.5) is 13.2 Å². The minimum atomic E-state index is -4.34. The SMILES string of the molecule is FC(F)(F)c1ccc(-c2cc(COCC3CO3)on2)cc1. The van der Waals surface area contributed by atoms with E-state index < -0.39 is 11.7 Å². The molecule has 1 aliphatic heterocycles. The highest BCUT2D eigenvalue weighted by Crippen LogP contribution is 2.30. The Morgan fingerprint density at radius 1 is 1.24 bits per heavy atom. The lowest BCUT2D eigenvalue weighted by molar-refractivity contribution is -0.137. The third-order valence-electron chi connectivity index (χ3n) is 3.02. The molecule has 1 aromatic carbocycles. The zero-order valence-corrected chi connectivity index (χ0v) is 10.9. The molecule has 1 fully saturated rings. The maximum atomic E-state index is 12.5. The summed E-state index contributed by atoms with van der Waals surface area (Å²) in [6, 6.07) is 6.41. The first-order valence-electron chi connectivity index (χ1n) is 6.35. The molecule has 0 amide bonds. The van der Waals surface area contributed by atoms with Gasteiger partial charge in [-0.15, -0.1) is 0 Å². The van der Waals surface area contributed by atoms with E-state index in [1.807, 2.05) is 0 Å². The van der Waals surface area contributed by atoms with Gasteiger partial charge in [-0.25, -0.2) is 0 Å². The predicted octanol–water partition coefficient (Wildman–Crippen LogP) is 3.28. The monoisotopic (exact) mass is 299 g/mol. The summed E-state index contributed by atoms with van der Waals surface area (Å²) in [5.74, 6) is 0.519. The van der Waals surface area contributed by atoms with E-state index in [4.69, 9.17) is 14.0 Å². The third-order valence-corrected chi connectivity index (χ3v) is 3.02. The quantitative estimate of drug-likeness (QED) is 0.795. The summed E-state index contributed by atoms with van der Waals surface area (Å²) in [6.45, 7) is 1.47. The summed E-state index contributed by atoms with van der Waals surface area (Å²) in [6.07, 6.45) is -4.17. The summed E-state index contributed by atoms with van der Waals surface area (Å²) < 4.78 is 52.9. The van der Waals surface area contributed by atoms with Gasteiger partial charge < -0.3 is 14.0 Å². The Balaban J connectivity index is 1.64. The van der Waals surface area contributed by atoms with Crippen LogP contribution in [0.3, 0.4) is 0 Å². The van der Waals surface area contributed by atoms with Crippen molar-refractivity contribution in [3.05, 3.63) is 41.7 Å². The van der Waals surface area contributed by atoms with E-state index >= 15 is 0 Å². The number of hydrogen-bond acceptors (Lipinski definition) is 4. The van der Waals surface area contributed by atoms with Gasteiger partial charge in [0.25, 0.3) is 0 Å². The first-order valence-corrected chi connectivity index (χ1v) is 6.35. The lowest BCUT2D eigenvalue weighted by Crippen LogP contribution is -2.03. The zero-order valence-electron chi connectivity index (χ0n) is 10.9. The van der Waals surface area contributed by atoms with Gasteiger partial charge in [0.1, 0.15) is 18.4 Å². The molecule has 0 saturated carbocycles. The van der Waals surface area contributed by atoms with Crippen LogP contribution in [-0.2, 0) is 22.3 Å². The molecule has 0 N–H and O–H groups in total. The largest absolute Gasteiger partial charge is 0.416 e. The van der Waals surface area contributed by atoms with E-state index in [1.165, 1.54) is 12.1 Å². The number of hydrogen-bond donors (Lipinski definition) is 0. The number of epoxide rings is 1. The first-order chi connectivity index (χ1) is 10.0. The van der Waals surface area contributed by atoms with Crippen LogP contribution < -0.4 is 0 Å².